The van der Waals surface area contributed by atoms with Crippen LogP contribution in [-0.2, 0) is 28.5 Å². The van der Waals surface area contributed by atoms with E-state index in [9.17, 15) is 15.0 Å². The maximum absolute atomic E-state index is 12.0. The highest BCUT2D eigenvalue weighted by Gasteiger charge is 2.42. The van der Waals surface area contributed by atoms with E-state index >= 15 is 0 Å². The van der Waals surface area contributed by atoms with Gasteiger partial charge >= 0.3 is 5.97 Å². The van der Waals surface area contributed by atoms with E-state index in [1.54, 1.807) is 0 Å². The average Bonchev–Trinajstić information content (AvgIpc) is 3.31. The summed E-state index contributed by atoms with van der Waals surface area (Å²) in [6.07, 6.45) is 13.4. The molecule has 0 aromatic heterocycles. The molecular formula is C28H54O9. The van der Waals surface area contributed by atoms with Crippen LogP contribution in [-0.4, -0.2) is 99.1 Å². The van der Waals surface area contributed by atoms with E-state index in [-0.39, 0.29) is 89.7 Å². The molecule has 4 unspecified atom stereocenters. The molecule has 0 heterocycles. The molecule has 3 N–H and O–H groups in total. The van der Waals surface area contributed by atoms with Gasteiger partial charge < -0.3 is 39.0 Å². The standard InChI is InChI=1S/C28H54O9/c1-2-3-4-5-6-7-8-9-10-11-12-27(32)36-22-21-33-23-26(35-19-16-30)24-13-14-25(34-18-15-29)28(24)37-20-17-31/h24-26,28-31H,2-23H2,1H3. The normalized spacial score (nSPS) is 20.4. The minimum Gasteiger partial charge on any atom is -0.463 e. The molecule has 0 amide bonds. The molecule has 4 atom stereocenters. The van der Waals surface area contributed by atoms with Crippen LogP contribution in [0, 0.1) is 5.92 Å². The Kier molecular flexibility index (Phi) is 22.4. The van der Waals surface area contributed by atoms with Crippen molar-refractivity contribution >= 4 is 5.97 Å². The topological polar surface area (TPSA) is 124 Å². The zero-order valence-electron chi connectivity index (χ0n) is 23.2. The summed E-state index contributed by atoms with van der Waals surface area (Å²) in [5.41, 5.74) is 0. The second-order valence-corrected chi connectivity index (χ2v) is 9.79. The molecule has 9 nitrogen and oxygen atoms in total. The summed E-state index contributed by atoms with van der Waals surface area (Å²) in [5, 5.41) is 27.5. The average molecular weight is 535 g/mol. The van der Waals surface area contributed by atoms with Crippen LogP contribution in [0.2, 0.25) is 0 Å². The lowest BCUT2D eigenvalue weighted by Gasteiger charge is -2.31. The monoisotopic (exact) mass is 534 g/mol. The molecule has 1 aliphatic rings. The first-order valence-electron chi connectivity index (χ1n) is 14.6. The Labute approximate surface area is 224 Å². The molecule has 9 heteroatoms. The summed E-state index contributed by atoms with van der Waals surface area (Å²) in [6.45, 7) is 3.27. The second kappa shape index (κ2) is 24.2. The molecule has 1 saturated carbocycles. The molecule has 37 heavy (non-hydrogen) atoms. The molecule has 0 radical (unpaired) electrons. The van der Waals surface area contributed by atoms with Crippen molar-refractivity contribution in [3.8, 4) is 0 Å². The van der Waals surface area contributed by atoms with Crippen molar-refractivity contribution in [3.63, 3.8) is 0 Å². The number of aliphatic hydroxyl groups excluding tert-OH is 3. The first-order valence-corrected chi connectivity index (χ1v) is 14.6. The third-order valence-corrected chi connectivity index (χ3v) is 6.81. The fourth-order valence-corrected chi connectivity index (χ4v) is 4.90. The highest BCUT2D eigenvalue weighted by atomic mass is 16.6. The van der Waals surface area contributed by atoms with Crippen molar-refractivity contribution in [2.45, 2.75) is 109 Å². The number of carbonyl (C=O) groups is 1. The van der Waals surface area contributed by atoms with E-state index < -0.39 is 0 Å². The van der Waals surface area contributed by atoms with Gasteiger partial charge in [0.05, 0.1) is 71.2 Å². The summed E-state index contributed by atoms with van der Waals surface area (Å²) < 4.78 is 28.5. The van der Waals surface area contributed by atoms with Gasteiger partial charge in [0.25, 0.3) is 0 Å². The van der Waals surface area contributed by atoms with E-state index in [1.807, 2.05) is 0 Å². The lowest BCUT2D eigenvalue weighted by Crippen LogP contribution is -2.41. The SMILES string of the molecule is CCCCCCCCCCCCC(=O)OCCOCC(OCCO)C1CCC(OCCO)C1OCCO. The molecule has 1 rings (SSSR count). The van der Waals surface area contributed by atoms with E-state index in [0.717, 1.165) is 25.7 Å². The van der Waals surface area contributed by atoms with Gasteiger partial charge in [-0.15, -0.1) is 0 Å². The number of carbonyl (C=O) groups excluding carboxylic acids is 1. The lowest BCUT2D eigenvalue weighted by atomic mass is 9.98. The Morgan fingerprint density at radius 3 is 2.03 bits per heavy atom. The number of esters is 1. The molecule has 0 saturated heterocycles. The third kappa shape index (κ3) is 16.7. The van der Waals surface area contributed by atoms with E-state index in [2.05, 4.69) is 6.92 Å². The van der Waals surface area contributed by atoms with Crippen LogP contribution in [0.15, 0.2) is 0 Å². The number of rotatable bonds is 26. The Morgan fingerprint density at radius 2 is 1.38 bits per heavy atom. The summed E-state index contributed by atoms with van der Waals surface area (Å²) in [7, 11) is 0. The third-order valence-electron chi connectivity index (χ3n) is 6.81. The number of aliphatic hydroxyl groups is 3. The predicted molar refractivity (Wildman–Crippen MR) is 141 cm³/mol. The van der Waals surface area contributed by atoms with Crippen molar-refractivity contribution in [3.05, 3.63) is 0 Å². The van der Waals surface area contributed by atoms with Crippen molar-refractivity contribution in [2.24, 2.45) is 5.92 Å². The summed E-state index contributed by atoms with van der Waals surface area (Å²) >= 11 is 0. The minimum absolute atomic E-state index is 0.0410. The van der Waals surface area contributed by atoms with Crippen molar-refractivity contribution in [1.29, 1.82) is 0 Å². The largest absolute Gasteiger partial charge is 0.463 e. The molecule has 1 aliphatic carbocycles. The molecule has 0 spiro atoms. The van der Waals surface area contributed by atoms with Crippen LogP contribution in [0.5, 0.6) is 0 Å². The number of hydrogen-bond acceptors (Lipinski definition) is 9. The molecule has 220 valence electrons. The smallest absolute Gasteiger partial charge is 0.305 e. The molecule has 0 aromatic carbocycles. The van der Waals surface area contributed by atoms with Crippen molar-refractivity contribution in [2.75, 3.05) is 59.5 Å². The van der Waals surface area contributed by atoms with Crippen LogP contribution in [0.4, 0.5) is 0 Å². The fraction of sp³-hybridized carbons (Fsp3) is 0.964. The Balaban J connectivity index is 2.24. The maximum atomic E-state index is 12.0. The van der Waals surface area contributed by atoms with Gasteiger partial charge in [-0.1, -0.05) is 64.7 Å². The van der Waals surface area contributed by atoms with Crippen LogP contribution < -0.4 is 0 Å². The van der Waals surface area contributed by atoms with Gasteiger partial charge in [0.1, 0.15) is 6.61 Å². The Hall–Kier alpha value is -0.810. The zero-order valence-corrected chi connectivity index (χ0v) is 23.2. The summed E-state index contributed by atoms with van der Waals surface area (Å²) in [4.78, 5) is 12.0. The van der Waals surface area contributed by atoms with Gasteiger partial charge in [-0.05, 0) is 19.3 Å². The second-order valence-electron chi connectivity index (χ2n) is 9.79. The lowest BCUT2D eigenvalue weighted by molar-refractivity contribution is -0.147. The van der Waals surface area contributed by atoms with Crippen LogP contribution >= 0.6 is 0 Å². The maximum Gasteiger partial charge on any atom is 0.305 e. The van der Waals surface area contributed by atoms with E-state index in [1.165, 1.54) is 51.4 Å². The molecule has 1 fully saturated rings. The molecule has 0 aromatic rings. The van der Waals surface area contributed by atoms with Gasteiger partial charge in [-0.3, -0.25) is 4.79 Å². The van der Waals surface area contributed by atoms with Gasteiger partial charge in [0, 0.05) is 12.3 Å². The predicted octanol–water partition coefficient (Wildman–Crippen LogP) is 3.40. The van der Waals surface area contributed by atoms with Crippen molar-refractivity contribution < 1.29 is 43.8 Å². The fourth-order valence-electron chi connectivity index (χ4n) is 4.90. The number of unbranched alkanes of at least 4 members (excludes halogenated alkanes) is 9. The summed E-state index contributed by atoms with van der Waals surface area (Å²) in [5.74, 6) is -0.228. The van der Waals surface area contributed by atoms with Crippen LogP contribution in [0.25, 0.3) is 0 Å². The van der Waals surface area contributed by atoms with Crippen molar-refractivity contribution in [1.82, 2.24) is 0 Å². The van der Waals surface area contributed by atoms with E-state index in [0.29, 0.717) is 6.42 Å². The van der Waals surface area contributed by atoms with Gasteiger partial charge in [0.15, 0.2) is 0 Å². The van der Waals surface area contributed by atoms with E-state index in [4.69, 9.17) is 28.8 Å². The van der Waals surface area contributed by atoms with Crippen LogP contribution in [0.1, 0.15) is 90.4 Å². The number of ether oxygens (including phenoxy) is 5. The van der Waals surface area contributed by atoms with Gasteiger partial charge in [0.2, 0.25) is 0 Å². The molecule has 0 aliphatic heterocycles. The highest BCUT2D eigenvalue weighted by Crippen LogP contribution is 2.34. The Morgan fingerprint density at radius 1 is 0.757 bits per heavy atom. The highest BCUT2D eigenvalue weighted by molar-refractivity contribution is 5.69. The van der Waals surface area contributed by atoms with Gasteiger partial charge in [-0.2, -0.15) is 0 Å². The molecular weight excluding hydrogens is 480 g/mol. The quantitative estimate of drug-likeness (QED) is 0.113. The van der Waals surface area contributed by atoms with Crippen LogP contribution in [0.3, 0.4) is 0 Å². The first-order chi connectivity index (χ1) is 18.2. The molecule has 0 bridgehead atoms. The zero-order chi connectivity index (χ0) is 27.0. The van der Waals surface area contributed by atoms with Gasteiger partial charge in [-0.25, -0.2) is 0 Å². The first kappa shape index (κ1) is 34.2. The Bertz CT molecular complexity index is 520. The minimum atomic E-state index is -0.332. The number of hydrogen-bond donors (Lipinski definition) is 3. The summed E-state index contributed by atoms with van der Waals surface area (Å²) in [6, 6.07) is 0.